The molecule has 1 fully saturated rings. The van der Waals surface area contributed by atoms with E-state index in [0.717, 1.165) is 19.4 Å². The van der Waals surface area contributed by atoms with Crippen LogP contribution in [0.3, 0.4) is 0 Å². The molecule has 1 atom stereocenters. The van der Waals surface area contributed by atoms with E-state index in [1.165, 1.54) is 6.42 Å². The van der Waals surface area contributed by atoms with Crippen molar-refractivity contribution in [2.45, 2.75) is 38.9 Å². The van der Waals surface area contributed by atoms with E-state index in [-0.39, 0.29) is 12.1 Å². The molecule has 1 aliphatic rings. The molecule has 0 bridgehead atoms. The predicted molar refractivity (Wildman–Crippen MR) is 55.7 cm³/mol. The summed E-state index contributed by atoms with van der Waals surface area (Å²) in [5, 5.41) is 0. The van der Waals surface area contributed by atoms with Crippen molar-refractivity contribution in [2.75, 3.05) is 26.4 Å². The summed E-state index contributed by atoms with van der Waals surface area (Å²) >= 11 is 0. The van der Waals surface area contributed by atoms with Gasteiger partial charge in [-0.2, -0.15) is 0 Å². The maximum absolute atomic E-state index is 10.6. The molecule has 4 nitrogen and oxygen atoms in total. The van der Waals surface area contributed by atoms with Crippen LogP contribution in [0.5, 0.6) is 0 Å². The van der Waals surface area contributed by atoms with E-state index in [2.05, 4.69) is 0 Å². The highest BCUT2D eigenvalue weighted by atomic mass is 16.7. The van der Waals surface area contributed by atoms with Gasteiger partial charge in [-0.25, -0.2) is 0 Å². The van der Waals surface area contributed by atoms with Crippen LogP contribution in [0.2, 0.25) is 0 Å². The Hall–Kier alpha value is -0.450. The number of hydrogen-bond acceptors (Lipinski definition) is 4. The number of rotatable bonds is 7. The van der Waals surface area contributed by atoms with Crippen LogP contribution in [-0.4, -0.2) is 38.5 Å². The first-order valence-electron chi connectivity index (χ1n) is 5.59. The second-order valence-corrected chi connectivity index (χ2v) is 3.73. The van der Waals surface area contributed by atoms with Crippen LogP contribution in [0.4, 0.5) is 0 Å². The van der Waals surface area contributed by atoms with Crippen LogP contribution < -0.4 is 0 Å². The Kier molecular flexibility index (Phi) is 6.55. The molecular formula is C11H20O4. The van der Waals surface area contributed by atoms with Gasteiger partial charge >= 0.3 is 0 Å². The smallest absolute Gasteiger partial charge is 0.157 e. The molecule has 0 amide bonds. The van der Waals surface area contributed by atoms with Crippen LogP contribution in [0, 0.1) is 0 Å². The summed E-state index contributed by atoms with van der Waals surface area (Å²) in [5.74, 6) is 0.159. The molecule has 0 N–H and O–H groups in total. The lowest BCUT2D eigenvalue weighted by Crippen LogP contribution is -2.24. The summed E-state index contributed by atoms with van der Waals surface area (Å²) in [6.07, 6.45) is 3.73. The first kappa shape index (κ1) is 12.6. The highest BCUT2D eigenvalue weighted by molar-refractivity contribution is 5.75. The van der Waals surface area contributed by atoms with Crippen molar-refractivity contribution in [3.05, 3.63) is 0 Å². The summed E-state index contributed by atoms with van der Waals surface area (Å²) in [7, 11) is 0. The Morgan fingerprint density at radius 3 is 2.87 bits per heavy atom. The normalized spacial score (nSPS) is 21.5. The summed E-state index contributed by atoms with van der Waals surface area (Å²) in [6, 6.07) is 0. The van der Waals surface area contributed by atoms with Gasteiger partial charge in [0.1, 0.15) is 5.78 Å². The fraction of sp³-hybridized carbons (Fsp3) is 0.909. The summed E-state index contributed by atoms with van der Waals surface area (Å²) in [6.45, 7) is 3.94. The fourth-order valence-corrected chi connectivity index (χ4v) is 1.40. The molecule has 1 rings (SSSR count). The number of hydrogen-bond donors (Lipinski definition) is 0. The number of carbonyl (C=O) groups excluding carboxylic acids is 1. The largest absolute Gasteiger partial charge is 0.379 e. The molecule has 1 aliphatic heterocycles. The van der Waals surface area contributed by atoms with Gasteiger partial charge in [0.15, 0.2) is 6.29 Å². The van der Waals surface area contributed by atoms with Gasteiger partial charge in [0, 0.05) is 13.0 Å². The molecule has 88 valence electrons. The first-order chi connectivity index (χ1) is 7.29. The van der Waals surface area contributed by atoms with Gasteiger partial charge in [0.2, 0.25) is 0 Å². The maximum atomic E-state index is 10.6. The molecular weight excluding hydrogens is 196 g/mol. The minimum atomic E-state index is -0.0462. The van der Waals surface area contributed by atoms with Gasteiger partial charge in [0.25, 0.3) is 0 Å². The Balaban J connectivity index is 1.85. The van der Waals surface area contributed by atoms with E-state index >= 15 is 0 Å². The molecule has 0 aliphatic carbocycles. The van der Waals surface area contributed by atoms with Crippen molar-refractivity contribution in [3.63, 3.8) is 0 Å². The van der Waals surface area contributed by atoms with Crippen molar-refractivity contribution < 1.29 is 19.0 Å². The van der Waals surface area contributed by atoms with Crippen LogP contribution in [0.25, 0.3) is 0 Å². The van der Waals surface area contributed by atoms with Gasteiger partial charge in [-0.05, 0) is 26.2 Å². The highest BCUT2D eigenvalue weighted by Crippen LogP contribution is 2.13. The van der Waals surface area contributed by atoms with Gasteiger partial charge in [0.05, 0.1) is 19.8 Å². The van der Waals surface area contributed by atoms with Crippen molar-refractivity contribution in [3.8, 4) is 0 Å². The summed E-state index contributed by atoms with van der Waals surface area (Å²) in [4.78, 5) is 10.6. The van der Waals surface area contributed by atoms with Crippen molar-refractivity contribution >= 4 is 5.78 Å². The molecule has 0 aromatic heterocycles. The standard InChI is InChI=1S/C11H20O4/c1-10(12)5-7-13-8-9-15-11-4-2-3-6-14-11/h11H,2-9H2,1H3. The minimum absolute atomic E-state index is 0.0462. The summed E-state index contributed by atoms with van der Waals surface area (Å²) in [5.41, 5.74) is 0. The van der Waals surface area contributed by atoms with E-state index in [9.17, 15) is 4.79 Å². The van der Waals surface area contributed by atoms with Crippen LogP contribution in [0.1, 0.15) is 32.6 Å². The SMILES string of the molecule is CC(=O)CCOCCOC1CCCCO1. The fourth-order valence-electron chi connectivity index (χ4n) is 1.40. The zero-order valence-corrected chi connectivity index (χ0v) is 9.37. The molecule has 0 spiro atoms. The highest BCUT2D eigenvalue weighted by Gasteiger charge is 2.13. The third-order valence-electron chi connectivity index (χ3n) is 2.27. The summed E-state index contributed by atoms with van der Waals surface area (Å²) < 4.78 is 16.1. The molecule has 1 unspecified atom stereocenters. The van der Waals surface area contributed by atoms with Crippen molar-refractivity contribution in [1.29, 1.82) is 0 Å². The molecule has 0 saturated carbocycles. The van der Waals surface area contributed by atoms with Crippen molar-refractivity contribution in [2.24, 2.45) is 0 Å². The second kappa shape index (κ2) is 7.79. The number of ether oxygens (including phenoxy) is 3. The van der Waals surface area contributed by atoms with E-state index in [1.807, 2.05) is 0 Å². The third-order valence-corrected chi connectivity index (χ3v) is 2.27. The van der Waals surface area contributed by atoms with E-state index < -0.39 is 0 Å². The average Bonchev–Trinajstić information content (AvgIpc) is 2.24. The zero-order valence-electron chi connectivity index (χ0n) is 9.37. The predicted octanol–water partition coefficient (Wildman–Crippen LogP) is 1.53. The first-order valence-corrected chi connectivity index (χ1v) is 5.59. The van der Waals surface area contributed by atoms with E-state index in [0.29, 0.717) is 26.2 Å². The quantitative estimate of drug-likeness (QED) is 0.605. The molecule has 1 saturated heterocycles. The molecule has 0 aromatic carbocycles. The van der Waals surface area contributed by atoms with Crippen LogP contribution in [0.15, 0.2) is 0 Å². The topological polar surface area (TPSA) is 44.8 Å². The van der Waals surface area contributed by atoms with E-state index in [1.54, 1.807) is 6.92 Å². The van der Waals surface area contributed by atoms with Gasteiger partial charge in [-0.15, -0.1) is 0 Å². The molecule has 0 aromatic rings. The van der Waals surface area contributed by atoms with E-state index in [4.69, 9.17) is 14.2 Å². The number of carbonyl (C=O) groups is 1. The Bertz CT molecular complexity index is 175. The second-order valence-electron chi connectivity index (χ2n) is 3.73. The minimum Gasteiger partial charge on any atom is -0.379 e. The lowest BCUT2D eigenvalue weighted by molar-refractivity contribution is -0.169. The lowest BCUT2D eigenvalue weighted by Gasteiger charge is -2.22. The monoisotopic (exact) mass is 216 g/mol. The Morgan fingerprint density at radius 1 is 1.33 bits per heavy atom. The van der Waals surface area contributed by atoms with Crippen LogP contribution in [-0.2, 0) is 19.0 Å². The zero-order chi connectivity index (χ0) is 10.9. The Labute approximate surface area is 90.9 Å². The van der Waals surface area contributed by atoms with Gasteiger partial charge in [-0.1, -0.05) is 0 Å². The van der Waals surface area contributed by atoms with Gasteiger partial charge < -0.3 is 14.2 Å². The van der Waals surface area contributed by atoms with Gasteiger partial charge in [-0.3, -0.25) is 4.79 Å². The Morgan fingerprint density at radius 2 is 2.20 bits per heavy atom. The average molecular weight is 216 g/mol. The number of Topliss-reactive ketones (excluding diaryl/α,β-unsaturated/α-hetero) is 1. The molecule has 1 heterocycles. The maximum Gasteiger partial charge on any atom is 0.157 e. The third kappa shape index (κ3) is 6.60. The van der Waals surface area contributed by atoms with Crippen LogP contribution >= 0.6 is 0 Å². The van der Waals surface area contributed by atoms with Crippen molar-refractivity contribution in [1.82, 2.24) is 0 Å². The lowest BCUT2D eigenvalue weighted by atomic mass is 10.2. The molecule has 15 heavy (non-hydrogen) atoms. The molecule has 0 radical (unpaired) electrons. The number of ketones is 1. The molecule has 4 heteroatoms.